The van der Waals surface area contributed by atoms with Crippen LogP contribution in [-0.2, 0) is 16.1 Å². The van der Waals surface area contributed by atoms with Crippen molar-refractivity contribution in [2.75, 3.05) is 5.32 Å². The number of carbonyl (C=O) groups is 2. The van der Waals surface area contributed by atoms with Gasteiger partial charge in [-0.15, -0.1) is 0 Å². The van der Waals surface area contributed by atoms with E-state index in [2.05, 4.69) is 15.6 Å². The number of hydrogen-bond donors (Lipinski definition) is 2. The molecule has 0 saturated heterocycles. The van der Waals surface area contributed by atoms with Gasteiger partial charge in [0.2, 0.25) is 0 Å². The molecule has 0 aliphatic heterocycles. The fourth-order valence-corrected chi connectivity index (χ4v) is 1.51. The Morgan fingerprint density at radius 1 is 1.05 bits per heavy atom. The van der Waals surface area contributed by atoms with Crippen LogP contribution < -0.4 is 10.6 Å². The van der Waals surface area contributed by atoms with Crippen molar-refractivity contribution in [3.8, 4) is 0 Å². The predicted molar refractivity (Wildman–Crippen MR) is 71.1 cm³/mol. The molecule has 0 aliphatic rings. The Morgan fingerprint density at radius 3 is 2.50 bits per heavy atom. The minimum absolute atomic E-state index is 0.0544. The first-order valence-corrected chi connectivity index (χ1v) is 5.90. The molecule has 0 bridgehead atoms. The van der Waals surface area contributed by atoms with Crippen molar-refractivity contribution >= 4 is 17.6 Å². The van der Waals surface area contributed by atoms with Gasteiger partial charge in [-0.2, -0.15) is 0 Å². The van der Waals surface area contributed by atoms with Crippen molar-refractivity contribution in [1.82, 2.24) is 10.3 Å². The van der Waals surface area contributed by atoms with Crippen LogP contribution in [0.15, 0.2) is 48.7 Å². The Labute approximate surface area is 114 Å². The van der Waals surface area contributed by atoms with E-state index in [1.54, 1.807) is 30.3 Å². The molecular formula is C14H12FN3O2. The van der Waals surface area contributed by atoms with Gasteiger partial charge in [-0.1, -0.05) is 24.3 Å². The molecule has 0 atom stereocenters. The number of nitrogens with one attached hydrogen (secondary N) is 2. The van der Waals surface area contributed by atoms with E-state index in [1.165, 1.54) is 18.3 Å². The summed E-state index contributed by atoms with van der Waals surface area (Å²) in [4.78, 5) is 27.0. The lowest BCUT2D eigenvalue weighted by molar-refractivity contribution is -0.136. The van der Waals surface area contributed by atoms with E-state index < -0.39 is 17.6 Å². The summed E-state index contributed by atoms with van der Waals surface area (Å²) in [5, 5.41) is 4.68. The Balaban J connectivity index is 1.89. The van der Waals surface area contributed by atoms with Crippen molar-refractivity contribution in [3.63, 3.8) is 0 Å². The van der Waals surface area contributed by atoms with Gasteiger partial charge in [0.1, 0.15) is 11.6 Å². The van der Waals surface area contributed by atoms with E-state index >= 15 is 0 Å². The first kappa shape index (κ1) is 13.7. The first-order chi connectivity index (χ1) is 9.66. The molecule has 0 spiro atoms. The van der Waals surface area contributed by atoms with E-state index in [0.29, 0.717) is 5.56 Å². The molecule has 0 unspecified atom stereocenters. The number of amides is 2. The van der Waals surface area contributed by atoms with E-state index in [1.807, 2.05) is 0 Å². The molecule has 6 heteroatoms. The zero-order valence-electron chi connectivity index (χ0n) is 10.5. The van der Waals surface area contributed by atoms with E-state index in [0.717, 1.165) is 0 Å². The van der Waals surface area contributed by atoms with Crippen LogP contribution in [0.2, 0.25) is 0 Å². The maximum Gasteiger partial charge on any atom is 0.314 e. The molecule has 2 N–H and O–H groups in total. The number of halogens is 1. The minimum Gasteiger partial charge on any atom is -0.344 e. The minimum atomic E-state index is -0.848. The third-order valence-electron chi connectivity index (χ3n) is 2.51. The van der Waals surface area contributed by atoms with Crippen LogP contribution in [0.25, 0.3) is 0 Å². The Hall–Kier alpha value is -2.76. The summed E-state index contributed by atoms with van der Waals surface area (Å²) in [5.41, 5.74) is 0.312. The molecule has 1 aromatic heterocycles. The molecule has 5 nitrogen and oxygen atoms in total. The van der Waals surface area contributed by atoms with Gasteiger partial charge in [-0.25, -0.2) is 9.37 Å². The normalized spacial score (nSPS) is 9.85. The van der Waals surface area contributed by atoms with Crippen molar-refractivity contribution in [2.45, 2.75) is 6.54 Å². The van der Waals surface area contributed by atoms with Crippen LogP contribution in [0.5, 0.6) is 0 Å². The molecule has 2 aromatic rings. The fraction of sp³-hybridized carbons (Fsp3) is 0.0714. The molecular weight excluding hydrogens is 261 g/mol. The van der Waals surface area contributed by atoms with Crippen LogP contribution in [0, 0.1) is 5.82 Å². The summed E-state index contributed by atoms with van der Waals surface area (Å²) >= 11 is 0. The average Bonchev–Trinajstić information content (AvgIpc) is 2.47. The van der Waals surface area contributed by atoms with Gasteiger partial charge < -0.3 is 10.6 Å². The van der Waals surface area contributed by atoms with Crippen molar-refractivity contribution < 1.29 is 14.0 Å². The highest BCUT2D eigenvalue weighted by Crippen LogP contribution is 2.05. The van der Waals surface area contributed by atoms with Gasteiger partial charge in [0.15, 0.2) is 0 Å². The second-order valence-corrected chi connectivity index (χ2v) is 3.94. The molecule has 1 aromatic carbocycles. The van der Waals surface area contributed by atoms with E-state index in [9.17, 15) is 14.0 Å². The SMILES string of the molecule is O=C(NCc1ccccc1F)C(=O)Nc1ccccn1. The zero-order chi connectivity index (χ0) is 14.4. The molecule has 0 fully saturated rings. The van der Waals surface area contributed by atoms with Crippen LogP contribution >= 0.6 is 0 Å². The summed E-state index contributed by atoms with van der Waals surface area (Å²) < 4.78 is 13.3. The number of pyridine rings is 1. The van der Waals surface area contributed by atoms with Crippen LogP contribution in [0.3, 0.4) is 0 Å². The molecule has 20 heavy (non-hydrogen) atoms. The van der Waals surface area contributed by atoms with Gasteiger partial charge >= 0.3 is 11.8 Å². The monoisotopic (exact) mass is 273 g/mol. The topological polar surface area (TPSA) is 71.1 Å². The molecule has 2 amide bonds. The quantitative estimate of drug-likeness (QED) is 0.832. The second kappa shape index (κ2) is 6.42. The molecule has 2 rings (SSSR count). The maximum absolute atomic E-state index is 13.3. The van der Waals surface area contributed by atoms with Crippen LogP contribution in [0.1, 0.15) is 5.56 Å². The van der Waals surface area contributed by atoms with Crippen molar-refractivity contribution in [3.05, 3.63) is 60.0 Å². The van der Waals surface area contributed by atoms with Gasteiger partial charge in [0.25, 0.3) is 0 Å². The summed E-state index contributed by atoms with van der Waals surface area (Å²) in [6, 6.07) is 10.9. The third-order valence-corrected chi connectivity index (χ3v) is 2.51. The van der Waals surface area contributed by atoms with Crippen LogP contribution in [0.4, 0.5) is 10.2 Å². The van der Waals surface area contributed by atoms with Gasteiger partial charge in [-0.3, -0.25) is 9.59 Å². The lowest BCUT2D eigenvalue weighted by atomic mass is 10.2. The van der Waals surface area contributed by atoms with Crippen LogP contribution in [-0.4, -0.2) is 16.8 Å². The number of aromatic nitrogens is 1. The number of benzene rings is 1. The van der Waals surface area contributed by atoms with E-state index in [-0.39, 0.29) is 12.4 Å². The smallest absolute Gasteiger partial charge is 0.314 e. The summed E-state index contributed by atoms with van der Waals surface area (Å²) in [6.45, 7) is -0.0544. The number of anilines is 1. The molecule has 0 saturated carbocycles. The van der Waals surface area contributed by atoms with Gasteiger partial charge in [0.05, 0.1) is 0 Å². The molecule has 0 radical (unpaired) electrons. The third kappa shape index (κ3) is 3.61. The summed E-state index contributed by atoms with van der Waals surface area (Å²) in [5.74, 6) is -1.85. The highest BCUT2D eigenvalue weighted by Gasteiger charge is 2.14. The summed E-state index contributed by atoms with van der Waals surface area (Å²) in [7, 11) is 0. The Morgan fingerprint density at radius 2 is 1.80 bits per heavy atom. The molecule has 1 heterocycles. The lowest BCUT2D eigenvalue weighted by Gasteiger charge is -2.06. The number of rotatable bonds is 3. The zero-order valence-corrected chi connectivity index (χ0v) is 10.5. The largest absolute Gasteiger partial charge is 0.344 e. The predicted octanol–water partition coefficient (Wildman–Crippen LogP) is 1.48. The first-order valence-electron chi connectivity index (χ1n) is 5.90. The van der Waals surface area contributed by atoms with Crippen molar-refractivity contribution in [2.24, 2.45) is 0 Å². The summed E-state index contributed by atoms with van der Waals surface area (Å²) in [6.07, 6.45) is 1.49. The highest BCUT2D eigenvalue weighted by molar-refractivity contribution is 6.39. The highest BCUT2D eigenvalue weighted by atomic mass is 19.1. The number of hydrogen-bond acceptors (Lipinski definition) is 3. The molecule has 102 valence electrons. The number of carbonyl (C=O) groups excluding carboxylic acids is 2. The standard InChI is InChI=1S/C14H12FN3O2/c15-11-6-2-1-5-10(11)9-17-13(19)14(20)18-12-7-3-4-8-16-12/h1-8H,9H2,(H,17,19)(H,16,18,20). The van der Waals surface area contributed by atoms with E-state index in [4.69, 9.17) is 0 Å². The maximum atomic E-state index is 13.3. The Kier molecular flexibility index (Phi) is 4.39. The molecule has 0 aliphatic carbocycles. The van der Waals surface area contributed by atoms with Crippen molar-refractivity contribution in [1.29, 1.82) is 0 Å². The van der Waals surface area contributed by atoms with Gasteiger partial charge in [-0.05, 0) is 18.2 Å². The number of nitrogens with zero attached hydrogens (tertiary/aromatic N) is 1. The second-order valence-electron chi connectivity index (χ2n) is 3.94. The average molecular weight is 273 g/mol. The van der Waals surface area contributed by atoms with Gasteiger partial charge in [0, 0.05) is 18.3 Å². The lowest BCUT2D eigenvalue weighted by Crippen LogP contribution is -2.35. The Bertz CT molecular complexity index is 617. The fourth-order valence-electron chi connectivity index (χ4n) is 1.51.